The molecule has 0 aromatic heterocycles. The van der Waals surface area contributed by atoms with E-state index in [0.29, 0.717) is 0 Å². The number of hydrogen-bond acceptors (Lipinski definition) is 0. The first-order valence-corrected chi connectivity index (χ1v) is 7.80. The zero-order valence-corrected chi connectivity index (χ0v) is 13.1. The molecule has 0 radical (unpaired) electrons. The Bertz CT molecular complexity index is 161. The normalized spacial score (nSPS) is 12.4. The summed E-state index contributed by atoms with van der Waals surface area (Å²) in [6, 6.07) is 0. The molecule has 0 spiro atoms. The summed E-state index contributed by atoms with van der Waals surface area (Å²) >= 11 is 0. The molecular formula is C16H36N+. The number of rotatable bonds is 11. The highest BCUT2D eigenvalue weighted by atomic mass is 15.3. The first-order chi connectivity index (χ1) is 7.98. The zero-order chi connectivity index (χ0) is 13.1. The van der Waals surface area contributed by atoms with Crippen LogP contribution in [0.4, 0.5) is 0 Å². The predicted molar refractivity (Wildman–Crippen MR) is 79.3 cm³/mol. The second-order valence-corrected chi connectivity index (χ2v) is 6.69. The molecule has 0 bridgehead atoms. The molecule has 0 rings (SSSR count). The molecule has 1 heteroatoms. The second-order valence-electron chi connectivity index (χ2n) is 6.69. The van der Waals surface area contributed by atoms with E-state index in [2.05, 4.69) is 34.9 Å². The third-order valence-electron chi connectivity index (χ3n) is 3.68. The van der Waals surface area contributed by atoms with Gasteiger partial charge in [-0.3, -0.25) is 0 Å². The van der Waals surface area contributed by atoms with Gasteiger partial charge in [0.25, 0.3) is 0 Å². The third-order valence-corrected chi connectivity index (χ3v) is 3.68. The molecule has 17 heavy (non-hydrogen) atoms. The summed E-state index contributed by atoms with van der Waals surface area (Å²) in [4.78, 5) is 0. The Morgan fingerprint density at radius 2 is 1.29 bits per heavy atom. The van der Waals surface area contributed by atoms with Gasteiger partial charge in [-0.1, -0.05) is 52.9 Å². The first-order valence-electron chi connectivity index (χ1n) is 7.80. The van der Waals surface area contributed by atoms with E-state index in [1.807, 2.05) is 0 Å². The van der Waals surface area contributed by atoms with Crippen LogP contribution in [0.5, 0.6) is 0 Å². The number of hydrogen-bond donors (Lipinski definition) is 0. The molecule has 0 atom stereocenters. The molecule has 0 heterocycles. The maximum atomic E-state index is 2.39. The third kappa shape index (κ3) is 12.2. The fourth-order valence-electron chi connectivity index (χ4n) is 2.22. The zero-order valence-electron chi connectivity index (χ0n) is 13.1. The standard InChI is InChI=1S/C16H36N/c1-6-7-8-9-10-11-12-14-17(4,5)15-13-16(2)3/h16H,6-15H2,1-5H3/q+1. The molecular weight excluding hydrogens is 206 g/mol. The van der Waals surface area contributed by atoms with E-state index in [0.717, 1.165) is 5.92 Å². The lowest BCUT2D eigenvalue weighted by Gasteiger charge is -2.30. The Labute approximate surface area is 110 Å². The van der Waals surface area contributed by atoms with Crippen LogP contribution in [0.1, 0.15) is 72.1 Å². The van der Waals surface area contributed by atoms with Gasteiger partial charge in [-0.25, -0.2) is 0 Å². The van der Waals surface area contributed by atoms with Gasteiger partial charge in [0.1, 0.15) is 0 Å². The molecule has 0 aromatic rings. The molecule has 0 amide bonds. The Morgan fingerprint density at radius 1 is 0.765 bits per heavy atom. The van der Waals surface area contributed by atoms with Crippen molar-refractivity contribution in [2.75, 3.05) is 27.2 Å². The Kier molecular flexibility index (Phi) is 9.91. The van der Waals surface area contributed by atoms with Gasteiger partial charge in [-0.2, -0.15) is 0 Å². The molecule has 0 N–H and O–H groups in total. The van der Waals surface area contributed by atoms with Crippen LogP contribution in [0.25, 0.3) is 0 Å². The van der Waals surface area contributed by atoms with E-state index >= 15 is 0 Å². The minimum Gasteiger partial charge on any atom is -0.328 e. The summed E-state index contributed by atoms with van der Waals surface area (Å²) in [6.45, 7) is 9.64. The smallest absolute Gasteiger partial charge is 0.0784 e. The van der Waals surface area contributed by atoms with Crippen molar-refractivity contribution in [2.45, 2.75) is 72.1 Å². The van der Waals surface area contributed by atoms with Crippen LogP contribution in [-0.2, 0) is 0 Å². The molecule has 0 saturated carbocycles. The molecule has 0 aromatic carbocycles. The number of nitrogens with zero attached hydrogens (tertiary/aromatic N) is 1. The van der Waals surface area contributed by atoms with Crippen LogP contribution in [-0.4, -0.2) is 31.7 Å². The van der Waals surface area contributed by atoms with Crippen molar-refractivity contribution < 1.29 is 4.48 Å². The van der Waals surface area contributed by atoms with Crippen molar-refractivity contribution >= 4 is 0 Å². The predicted octanol–water partition coefficient (Wildman–Crippen LogP) is 4.86. The fourth-order valence-corrected chi connectivity index (χ4v) is 2.22. The van der Waals surface area contributed by atoms with E-state index < -0.39 is 0 Å². The molecule has 0 unspecified atom stereocenters. The number of quaternary nitrogens is 1. The Morgan fingerprint density at radius 3 is 1.82 bits per heavy atom. The lowest BCUT2D eigenvalue weighted by atomic mass is 10.1. The maximum Gasteiger partial charge on any atom is 0.0784 e. The van der Waals surface area contributed by atoms with E-state index in [4.69, 9.17) is 0 Å². The summed E-state index contributed by atoms with van der Waals surface area (Å²) in [6.07, 6.45) is 11.3. The van der Waals surface area contributed by atoms with Gasteiger partial charge in [0.2, 0.25) is 0 Å². The Balaban J connectivity index is 3.39. The summed E-state index contributed by atoms with van der Waals surface area (Å²) in [7, 11) is 4.78. The average molecular weight is 242 g/mol. The highest BCUT2D eigenvalue weighted by Gasteiger charge is 2.14. The van der Waals surface area contributed by atoms with Crippen molar-refractivity contribution in [3.05, 3.63) is 0 Å². The van der Waals surface area contributed by atoms with Gasteiger partial charge in [0.05, 0.1) is 27.2 Å². The van der Waals surface area contributed by atoms with Crippen molar-refractivity contribution in [2.24, 2.45) is 5.92 Å². The van der Waals surface area contributed by atoms with Crippen molar-refractivity contribution in [1.29, 1.82) is 0 Å². The van der Waals surface area contributed by atoms with Crippen molar-refractivity contribution in [3.8, 4) is 0 Å². The SMILES string of the molecule is CCCCCCCCC[N+](C)(C)CCC(C)C. The van der Waals surface area contributed by atoms with E-state index in [1.54, 1.807) is 0 Å². The minimum atomic E-state index is 0.849. The van der Waals surface area contributed by atoms with Crippen LogP contribution in [0.3, 0.4) is 0 Å². The van der Waals surface area contributed by atoms with Gasteiger partial charge in [-0.05, 0) is 25.2 Å². The van der Waals surface area contributed by atoms with Crippen molar-refractivity contribution in [1.82, 2.24) is 0 Å². The van der Waals surface area contributed by atoms with Crippen LogP contribution in [0.2, 0.25) is 0 Å². The lowest BCUT2D eigenvalue weighted by Crippen LogP contribution is -2.41. The largest absolute Gasteiger partial charge is 0.328 e. The molecule has 0 aliphatic carbocycles. The van der Waals surface area contributed by atoms with Crippen LogP contribution < -0.4 is 0 Å². The topological polar surface area (TPSA) is 0 Å². The minimum absolute atomic E-state index is 0.849. The van der Waals surface area contributed by atoms with Gasteiger partial charge in [0, 0.05) is 0 Å². The molecule has 1 nitrogen and oxygen atoms in total. The lowest BCUT2D eigenvalue weighted by molar-refractivity contribution is -0.891. The quantitative estimate of drug-likeness (QED) is 0.358. The van der Waals surface area contributed by atoms with Gasteiger partial charge < -0.3 is 4.48 Å². The molecule has 0 aliphatic heterocycles. The van der Waals surface area contributed by atoms with Gasteiger partial charge >= 0.3 is 0 Å². The average Bonchev–Trinajstić information content (AvgIpc) is 2.25. The van der Waals surface area contributed by atoms with E-state index in [1.165, 1.54) is 68.9 Å². The summed E-state index contributed by atoms with van der Waals surface area (Å²) in [5, 5.41) is 0. The monoisotopic (exact) mass is 242 g/mol. The van der Waals surface area contributed by atoms with Crippen molar-refractivity contribution in [3.63, 3.8) is 0 Å². The molecule has 104 valence electrons. The fraction of sp³-hybridized carbons (Fsp3) is 1.00. The van der Waals surface area contributed by atoms with Crippen LogP contribution >= 0.6 is 0 Å². The van der Waals surface area contributed by atoms with Crippen LogP contribution in [0, 0.1) is 5.92 Å². The first kappa shape index (κ1) is 17.0. The summed E-state index contributed by atoms with van der Waals surface area (Å²) < 4.78 is 1.22. The van der Waals surface area contributed by atoms with Gasteiger partial charge in [0.15, 0.2) is 0 Å². The van der Waals surface area contributed by atoms with E-state index in [-0.39, 0.29) is 0 Å². The highest BCUT2D eigenvalue weighted by molar-refractivity contribution is 4.47. The van der Waals surface area contributed by atoms with Gasteiger partial charge in [-0.15, -0.1) is 0 Å². The Hall–Kier alpha value is -0.0400. The second kappa shape index (κ2) is 9.94. The maximum absolute atomic E-state index is 2.39. The summed E-state index contributed by atoms with van der Waals surface area (Å²) in [5.41, 5.74) is 0. The van der Waals surface area contributed by atoms with Crippen LogP contribution in [0.15, 0.2) is 0 Å². The molecule has 0 saturated heterocycles. The highest BCUT2D eigenvalue weighted by Crippen LogP contribution is 2.11. The number of unbranched alkanes of at least 4 members (excludes halogenated alkanes) is 6. The summed E-state index contributed by atoms with van der Waals surface area (Å²) in [5.74, 6) is 0.849. The molecule has 0 fully saturated rings. The molecule has 0 aliphatic rings. The van der Waals surface area contributed by atoms with E-state index in [9.17, 15) is 0 Å².